The van der Waals surface area contributed by atoms with Gasteiger partial charge in [0.2, 0.25) is 0 Å². The largest absolute Gasteiger partial charge is 0.356 e. The van der Waals surface area contributed by atoms with Crippen LogP contribution >= 0.6 is 11.3 Å². The van der Waals surface area contributed by atoms with E-state index in [4.69, 9.17) is 0 Å². The summed E-state index contributed by atoms with van der Waals surface area (Å²) in [5, 5.41) is 10.2. The molecule has 1 unspecified atom stereocenters. The molecule has 22 heavy (non-hydrogen) atoms. The zero-order valence-electron chi connectivity index (χ0n) is 14.1. The van der Waals surface area contributed by atoms with Crippen LogP contribution in [0.5, 0.6) is 0 Å². The van der Waals surface area contributed by atoms with Crippen LogP contribution in [-0.4, -0.2) is 55.1 Å². The maximum Gasteiger partial charge on any atom is 0.191 e. The molecule has 0 radical (unpaired) electrons. The number of likely N-dealkylation sites (N-methyl/N-ethyl adjacent to an activating group) is 1. The van der Waals surface area contributed by atoms with Gasteiger partial charge in [-0.15, -0.1) is 11.3 Å². The second-order valence-corrected chi connectivity index (χ2v) is 6.58. The zero-order chi connectivity index (χ0) is 15.8. The van der Waals surface area contributed by atoms with Crippen LogP contribution in [-0.2, 0) is 12.8 Å². The predicted octanol–water partition coefficient (Wildman–Crippen LogP) is 1.90. The first-order valence-electron chi connectivity index (χ1n) is 8.38. The molecule has 2 rings (SSSR count). The summed E-state index contributed by atoms with van der Waals surface area (Å²) in [6.07, 6.45) is 4.57. The van der Waals surface area contributed by atoms with E-state index in [9.17, 15) is 0 Å². The molecule has 5 nitrogen and oxygen atoms in total. The van der Waals surface area contributed by atoms with Gasteiger partial charge in [-0.2, -0.15) is 0 Å². The topological polar surface area (TPSA) is 52.6 Å². The van der Waals surface area contributed by atoms with Crippen LogP contribution in [0.1, 0.15) is 37.4 Å². The first-order chi connectivity index (χ1) is 10.8. The van der Waals surface area contributed by atoms with Gasteiger partial charge in [0, 0.05) is 38.0 Å². The Morgan fingerprint density at radius 1 is 1.45 bits per heavy atom. The van der Waals surface area contributed by atoms with Gasteiger partial charge < -0.3 is 10.6 Å². The molecule has 0 aromatic carbocycles. The summed E-state index contributed by atoms with van der Waals surface area (Å²) in [6.45, 7) is 8.61. The van der Waals surface area contributed by atoms with E-state index in [-0.39, 0.29) is 0 Å². The van der Waals surface area contributed by atoms with E-state index in [1.54, 1.807) is 11.3 Å². The minimum Gasteiger partial charge on any atom is -0.356 e. The molecule has 124 valence electrons. The van der Waals surface area contributed by atoms with Gasteiger partial charge in [-0.05, 0) is 32.4 Å². The van der Waals surface area contributed by atoms with Crippen molar-refractivity contribution < 1.29 is 0 Å². The molecule has 1 aliphatic rings. The maximum absolute atomic E-state index is 4.59. The van der Waals surface area contributed by atoms with Crippen molar-refractivity contribution in [3.8, 4) is 0 Å². The van der Waals surface area contributed by atoms with Crippen LogP contribution in [0.3, 0.4) is 0 Å². The molecule has 6 heteroatoms. The van der Waals surface area contributed by atoms with E-state index in [1.165, 1.54) is 30.1 Å². The lowest BCUT2D eigenvalue weighted by molar-refractivity contribution is 0.267. The highest BCUT2D eigenvalue weighted by Crippen LogP contribution is 2.15. The Morgan fingerprint density at radius 2 is 2.32 bits per heavy atom. The summed E-state index contributed by atoms with van der Waals surface area (Å²) in [4.78, 5) is 11.4. The van der Waals surface area contributed by atoms with E-state index in [0.717, 1.165) is 38.4 Å². The monoisotopic (exact) mass is 323 g/mol. The number of hydrogen-bond acceptors (Lipinski definition) is 4. The Kier molecular flexibility index (Phi) is 7.12. The predicted molar refractivity (Wildman–Crippen MR) is 94.8 cm³/mol. The van der Waals surface area contributed by atoms with Crippen LogP contribution in [0.15, 0.2) is 10.4 Å². The number of likely N-dealkylation sites (tertiary alicyclic amines) is 1. The van der Waals surface area contributed by atoms with Crippen LogP contribution in [0.4, 0.5) is 0 Å². The van der Waals surface area contributed by atoms with Crippen LogP contribution < -0.4 is 10.6 Å². The standard InChI is InChI=1S/C16H29N5S/c1-4-15-20-13(12-22-15)8-9-18-16(17-3)19-11-14-7-6-10-21(14)5-2/h12,14H,4-11H2,1-3H3,(H2,17,18,19). The molecule has 1 fully saturated rings. The van der Waals surface area contributed by atoms with Crippen molar-refractivity contribution in [3.05, 3.63) is 16.1 Å². The summed E-state index contributed by atoms with van der Waals surface area (Å²) in [6, 6.07) is 0.647. The molecule has 1 aliphatic heterocycles. The van der Waals surface area contributed by atoms with Gasteiger partial charge in [0.25, 0.3) is 0 Å². The Balaban J connectivity index is 1.68. The average Bonchev–Trinajstić information content (AvgIpc) is 3.19. The molecule has 0 spiro atoms. The number of aromatic nitrogens is 1. The number of thiazole rings is 1. The van der Waals surface area contributed by atoms with Gasteiger partial charge in [-0.1, -0.05) is 13.8 Å². The third-order valence-electron chi connectivity index (χ3n) is 4.21. The number of hydrogen-bond donors (Lipinski definition) is 2. The fourth-order valence-corrected chi connectivity index (χ4v) is 3.69. The summed E-state index contributed by atoms with van der Waals surface area (Å²) < 4.78 is 0. The van der Waals surface area contributed by atoms with E-state index in [0.29, 0.717) is 6.04 Å². The van der Waals surface area contributed by atoms with Crippen molar-refractivity contribution in [2.24, 2.45) is 4.99 Å². The smallest absolute Gasteiger partial charge is 0.191 e. The van der Waals surface area contributed by atoms with Crippen LogP contribution in [0.25, 0.3) is 0 Å². The first kappa shape index (κ1) is 17.2. The van der Waals surface area contributed by atoms with Crippen molar-refractivity contribution >= 4 is 17.3 Å². The third kappa shape index (κ3) is 4.95. The fraction of sp³-hybridized carbons (Fsp3) is 0.750. The Hall–Kier alpha value is -1.14. The number of rotatable bonds is 7. The van der Waals surface area contributed by atoms with Crippen molar-refractivity contribution in [2.75, 3.05) is 33.2 Å². The molecule has 2 heterocycles. The lowest BCUT2D eigenvalue weighted by atomic mass is 10.2. The van der Waals surface area contributed by atoms with Gasteiger partial charge in [0.1, 0.15) is 0 Å². The van der Waals surface area contributed by atoms with E-state index >= 15 is 0 Å². The summed E-state index contributed by atoms with van der Waals surface area (Å²) in [5.41, 5.74) is 1.18. The SMILES string of the molecule is CCc1nc(CCNC(=NC)NCC2CCCN2CC)cs1. The summed E-state index contributed by atoms with van der Waals surface area (Å²) >= 11 is 1.75. The van der Waals surface area contributed by atoms with Crippen molar-refractivity contribution in [1.82, 2.24) is 20.5 Å². The second-order valence-electron chi connectivity index (χ2n) is 5.64. The fourth-order valence-electron chi connectivity index (χ4n) is 2.91. The molecule has 1 atom stereocenters. The lowest BCUT2D eigenvalue weighted by Crippen LogP contribution is -2.45. The Morgan fingerprint density at radius 3 is 3.00 bits per heavy atom. The molecular weight excluding hydrogens is 294 g/mol. The average molecular weight is 324 g/mol. The molecule has 0 bridgehead atoms. The van der Waals surface area contributed by atoms with Gasteiger partial charge in [-0.3, -0.25) is 9.89 Å². The zero-order valence-corrected chi connectivity index (χ0v) is 14.9. The highest BCUT2D eigenvalue weighted by Gasteiger charge is 2.22. The molecule has 0 aliphatic carbocycles. The van der Waals surface area contributed by atoms with E-state index < -0.39 is 0 Å². The van der Waals surface area contributed by atoms with Gasteiger partial charge in [0.15, 0.2) is 5.96 Å². The number of nitrogens with zero attached hydrogens (tertiary/aromatic N) is 3. The minimum absolute atomic E-state index is 0.647. The second kappa shape index (κ2) is 9.10. The Bertz CT molecular complexity index is 471. The maximum atomic E-state index is 4.59. The van der Waals surface area contributed by atoms with Crippen molar-refractivity contribution in [2.45, 2.75) is 45.6 Å². The minimum atomic E-state index is 0.647. The normalized spacial score (nSPS) is 19.6. The number of nitrogens with one attached hydrogen (secondary N) is 2. The van der Waals surface area contributed by atoms with Crippen molar-refractivity contribution in [3.63, 3.8) is 0 Å². The molecule has 1 aromatic rings. The summed E-state index contributed by atoms with van der Waals surface area (Å²) in [7, 11) is 1.83. The molecule has 1 aromatic heterocycles. The van der Waals surface area contributed by atoms with E-state index in [2.05, 4.69) is 44.7 Å². The van der Waals surface area contributed by atoms with Gasteiger partial charge in [0.05, 0.1) is 10.7 Å². The van der Waals surface area contributed by atoms with Crippen LogP contribution in [0.2, 0.25) is 0 Å². The molecule has 0 amide bonds. The molecule has 0 saturated carbocycles. The van der Waals surface area contributed by atoms with Gasteiger partial charge >= 0.3 is 0 Å². The quantitative estimate of drug-likeness (QED) is 0.594. The molecule has 1 saturated heterocycles. The highest BCUT2D eigenvalue weighted by molar-refractivity contribution is 7.09. The molecule has 2 N–H and O–H groups in total. The first-order valence-corrected chi connectivity index (χ1v) is 9.26. The highest BCUT2D eigenvalue weighted by atomic mass is 32.1. The van der Waals surface area contributed by atoms with Crippen molar-refractivity contribution in [1.29, 1.82) is 0 Å². The van der Waals surface area contributed by atoms with E-state index in [1.807, 2.05) is 7.05 Å². The van der Waals surface area contributed by atoms with Crippen LogP contribution in [0, 0.1) is 0 Å². The third-order valence-corrected chi connectivity index (χ3v) is 5.25. The Labute approximate surface area is 138 Å². The molecular formula is C16H29N5S. The number of aliphatic imine (C=N–C) groups is 1. The number of guanidine groups is 1. The lowest BCUT2D eigenvalue weighted by Gasteiger charge is -2.23. The summed E-state index contributed by atoms with van der Waals surface area (Å²) in [5.74, 6) is 0.897. The number of aryl methyl sites for hydroxylation is 1. The van der Waals surface area contributed by atoms with Gasteiger partial charge in [-0.25, -0.2) is 4.98 Å².